The molecule has 0 aliphatic rings. The summed E-state index contributed by atoms with van der Waals surface area (Å²) in [6.45, 7) is 0. The molecule has 12 heteroatoms. The zero-order valence-electron chi connectivity index (χ0n) is 32.4. The zero-order valence-corrected chi connectivity index (χ0v) is 32.4. The molecule has 0 aliphatic carbocycles. The van der Waals surface area contributed by atoms with E-state index in [1.54, 1.807) is 24.3 Å². The van der Waals surface area contributed by atoms with Crippen molar-refractivity contribution in [2.75, 3.05) is 0 Å². The minimum absolute atomic E-state index is 0.304. The number of hydrogen-bond acceptors (Lipinski definition) is 0. The zero-order chi connectivity index (χ0) is 41.7. The first-order valence-corrected chi connectivity index (χ1v) is 19.3. The van der Waals surface area contributed by atoms with Crippen LogP contribution in [0, 0.1) is 0 Å². The third-order valence-electron chi connectivity index (χ3n) is 11.7. The van der Waals surface area contributed by atoms with E-state index < -0.39 is 0 Å². The van der Waals surface area contributed by atoms with Gasteiger partial charge in [-0.3, -0.25) is 0 Å². The number of fused-ring (bicyclic) bond motifs is 6. The van der Waals surface area contributed by atoms with Crippen LogP contribution in [-0.4, -0.2) is 87.6 Å². The van der Waals surface area contributed by atoms with E-state index >= 15 is 0 Å². The highest BCUT2D eigenvalue weighted by molar-refractivity contribution is 6.63. The standard InChI is InChI=1S/C48H22B10N2/c49-30-21-34(53)46-39(43(30)57)37-41(55)28(19-32(51)45(37)59(46)26-15-9-14-25(18-26)23-10-3-1-4-11-23)29-20-33(52)47-38(42(29)56)40-44(58)31(50)22-35(54)48(40)60(47)36-17-8-7-16-27(36)24-12-5-2-6-13-24/h1-22H. The highest BCUT2D eigenvalue weighted by atomic mass is 15.0. The van der Waals surface area contributed by atoms with Gasteiger partial charge < -0.3 is 9.13 Å². The molecular formula is C48H22B10N2. The fourth-order valence-electron chi connectivity index (χ4n) is 9.01. The maximum absolute atomic E-state index is 7.35. The van der Waals surface area contributed by atoms with Gasteiger partial charge in [0, 0.05) is 44.1 Å². The molecule has 8 aromatic carbocycles. The molecule has 0 aliphatic heterocycles. The van der Waals surface area contributed by atoms with Crippen molar-refractivity contribution in [2.24, 2.45) is 0 Å². The van der Waals surface area contributed by atoms with Crippen LogP contribution in [-0.2, 0) is 0 Å². The van der Waals surface area contributed by atoms with Gasteiger partial charge in [0.1, 0.15) is 78.5 Å². The van der Waals surface area contributed by atoms with Gasteiger partial charge in [0.2, 0.25) is 0 Å². The molecule has 0 atom stereocenters. The molecule has 2 heterocycles. The third kappa shape index (κ3) is 5.63. The summed E-state index contributed by atoms with van der Waals surface area (Å²) in [5, 5.41) is 2.24. The molecule has 10 aromatic rings. The molecule has 0 saturated heterocycles. The van der Waals surface area contributed by atoms with Crippen LogP contribution < -0.4 is 54.6 Å². The molecule has 254 valence electrons. The summed E-state index contributed by atoms with van der Waals surface area (Å²) < 4.78 is 4.00. The summed E-state index contributed by atoms with van der Waals surface area (Å²) in [5.74, 6) is 0. The first-order chi connectivity index (χ1) is 29.0. The lowest BCUT2D eigenvalue weighted by molar-refractivity contribution is 1.19. The molecule has 2 nitrogen and oxygen atoms in total. The quantitative estimate of drug-likeness (QED) is 0.232. The van der Waals surface area contributed by atoms with Gasteiger partial charge in [-0.2, -0.15) is 0 Å². The summed E-state index contributed by atoms with van der Waals surface area (Å²) in [7, 11) is 69.4. The van der Waals surface area contributed by atoms with Gasteiger partial charge in [0.25, 0.3) is 0 Å². The maximum Gasteiger partial charge on any atom is 0.116 e. The second-order valence-corrected chi connectivity index (χ2v) is 15.2. The molecule has 60 heavy (non-hydrogen) atoms. The molecule has 0 amide bonds. The lowest BCUT2D eigenvalue weighted by atomic mass is 9.70. The number of aromatic nitrogens is 2. The van der Waals surface area contributed by atoms with Gasteiger partial charge in [0.05, 0.1) is 5.69 Å². The molecule has 0 unspecified atom stereocenters. The minimum Gasteiger partial charge on any atom is -0.310 e. The first kappa shape index (κ1) is 38.2. The van der Waals surface area contributed by atoms with E-state index in [-0.39, 0.29) is 0 Å². The average Bonchev–Trinajstić information content (AvgIpc) is 3.83. The summed E-state index contributed by atoms with van der Waals surface area (Å²) in [5.41, 5.74) is 12.5. The molecule has 0 fully saturated rings. The van der Waals surface area contributed by atoms with Gasteiger partial charge >= 0.3 is 0 Å². The topological polar surface area (TPSA) is 9.86 Å². The predicted molar refractivity (Wildman–Crippen MR) is 265 cm³/mol. The van der Waals surface area contributed by atoms with Crippen molar-refractivity contribution in [3.05, 3.63) is 133 Å². The van der Waals surface area contributed by atoms with E-state index in [4.69, 9.17) is 78.5 Å². The molecule has 0 saturated carbocycles. The summed E-state index contributed by atoms with van der Waals surface area (Å²) in [6, 6.07) is 43.2. The summed E-state index contributed by atoms with van der Waals surface area (Å²) in [6.07, 6.45) is 0. The first-order valence-electron chi connectivity index (χ1n) is 19.3. The Morgan fingerprint density at radius 1 is 0.283 bits per heavy atom. The van der Waals surface area contributed by atoms with E-state index in [9.17, 15) is 0 Å². The highest BCUT2D eigenvalue weighted by Crippen LogP contribution is 2.36. The van der Waals surface area contributed by atoms with E-state index in [0.717, 1.165) is 33.6 Å². The normalized spacial score (nSPS) is 11.7. The lowest BCUT2D eigenvalue weighted by Crippen LogP contribution is -2.32. The van der Waals surface area contributed by atoms with Crippen molar-refractivity contribution in [3.63, 3.8) is 0 Å². The Hall–Kier alpha value is -5.99. The average molecular weight is 735 g/mol. The molecule has 0 bridgehead atoms. The number of rotatable bonds is 5. The number of nitrogens with zero attached hydrogens (tertiary/aromatic N) is 2. The summed E-state index contributed by atoms with van der Waals surface area (Å²) >= 11 is 0. The van der Waals surface area contributed by atoms with Crippen LogP contribution in [0.1, 0.15) is 0 Å². The van der Waals surface area contributed by atoms with Crippen molar-refractivity contribution in [1.82, 2.24) is 9.13 Å². The smallest absolute Gasteiger partial charge is 0.116 e. The monoisotopic (exact) mass is 736 g/mol. The molecule has 0 N–H and O–H groups in total. The van der Waals surface area contributed by atoms with Crippen molar-refractivity contribution in [3.8, 4) is 44.8 Å². The van der Waals surface area contributed by atoms with Crippen molar-refractivity contribution in [2.45, 2.75) is 0 Å². The van der Waals surface area contributed by atoms with Crippen LogP contribution in [0.5, 0.6) is 0 Å². The fourth-order valence-corrected chi connectivity index (χ4v) is 9.01. The van der Waals surface area contributed by atoms with Crippen molar-refractivity contribution in [1.29, 1.82) is 0 Å². The Balaban J connectivity index is 1.30. The molecule has 20 radical (unpaired) electrons. The van der Waals surface area contributed by atoms with Crippen molar-refractivity contribution < 1.29 is 0 Å². The van der Waals surface area contributed by atoms with Crippen LogP contribution >= 0.6 is 0 Å². The Morgan fingerprint density at radius 3 is 1.23 bits per heavy atom. The maximum atomic E-state index is 7.35. The van der Waals surface area contributed by atoms with Gasteiger partial charge in [0.15, 0.2) is 0 Å². The lowest BCUT2D eigenvalue weighted by Gasteiger charge is -2.19. The molecular weight excluding hydrogens is 713 g/mol. The minimum atomic E-state index is 0.304. The van der Waals surface area contributed by atoms with Crippen LogP contribution in [0.2, 0.25) is 0 Å². The number of benzene rings is 8. The van der Waals surface area contributed by atoms with E-state index in [2.05, 4.69) is 18.2 Å². The molecule has 2 aromatic heterocycles. The fraction of sp³-hybridized carbons (Fsp3) is 0. The predicted octanol–water partition coefficient (Wildman–Crippen LogP) is 0.820. The Kier molecular flexibility index (Phi) is 9.13. The molecule has 10 rings (SSSR count). The van der Waals surface area contributed by atoms with Crippen LogP contribution in [0.4, 0.5) is 0 Å². The second-order valence-electron chi connectivity index (χ2n) is 15.2. The Labute approximate surface area is 362 Å². The van der Waals surface area contributed by atoms with Gasteiger partial charge in [-0.25, -0.2) is 0 Å². The number of para-hydroxylation sites is 1. The molecule has 0 spiro atoms. The van der Waals surface area contributed by atoms with E-state index in [1.807, 2.05) is 100 Å². The van der Waals surface area contributed by atoms with Crippen LogP contribution in [0.3, 0.4) is 0 Å². The van der Waals surface area contributed by atoms with Crippen LogP contribution in [0.15, 0.2) is 133 Å². The van der Waals surface area contributed by atoms with Gasteiger partial charge in [-0.05, 0) is 56.8 Å². The second kappa shape index (κ2) is 14.3. The van der Waals surface area contributed by atoms with Gasteiger partial charge in [-0.1, -0.05) is 159 Å². The van der Waals surface area contributed by atoms with Crippen LogP contribution in [0.25, 0.3) is 88.4 Å². The van der Waals surface area contributed by atoms with Gasteiger partial charge in [-0.15, -0.1) is 10.9 Å². The number of hydrogen-bond donors (Lipinski definition) is 0. The third-order valence-corrected chi connectivity index (χ3v) is 11.7. The Morgan fingerprint density at radius 2 is 0.700 bits per heavy atom. The summed E-state index contributed by atoms with van der Waals surface area (Å²) in [4.78, 5) is 0. The highest BCUT2D eigenvalue weighted by Gasteiger charge is 2.26. The van der Waals surface area contributed by atoms with Crippen molar-refractivity contribution >= 4 is 177 Å². The van der Waals surface area contributed by atoms with E-state index in [1.165, 1.54) is 0 Å². The largest absolute Gasteiger partial charge is 0.310 e. The van der Waals surface area contributed by atoms with E-state index in [0.29, 0.717) is 109 Å². The Bertz CT molecular complexity index is 3430. The SMILES string of the molecule is [B]c1cc([B])c2c(c1[B])c1c([B])c(-c3cc([B])c4c(c3[B])c3c([B])c([B])cc([B])c3n4-c3ccccc3-c3ccccc3)cc([B])c1n2-c1cccc(-c2ccccc2)c1.